The molecule has 5 nitrogen and oxygen atoms in total. The van der Waals surface area contributed by atoms with Crippen molar-refractivity contribution in [1.82, 2.24) is 0 Å². The molecule has 0 atom stereocenters. The Morgan fingerprint density at radius 1 is 1.22 bits per heavy atom. The van der Waals surface area contributed by atoms with Gasteiger partial charge in [-0.1, -0.05) is 6.92 Å². The number of esters is 1. The Hall–Kier alpha value is -2.33. The van der Waals surface area contributed by atoms with Gasteiger partial charge >= 0.3 is 12.3 Å². The van der Waals surface area contributed by atoms with E-state index in [1.54, 1.807) is 0 Å². The van der Waals surface area contributed by atoms with E-state index < -0.39 is 12.3 Å². The van der Waals surface area contributed by atoms with Crippen molar-refractivity contribution < 1.29 is 27.4 Å². The Morgan fingerprint density at radius 3 is 2.37 bits per heavy atom. The average molecular weight is 418 g/mol. The largest absolute Gasteiger partial charge is 0.573 e. The standard InChI is InChI=1S/C17H17F3N2O3S2/c1-4-12-9(2)27-14(13(12)15(23)24-3)22-16(26)21-10-5-7-11(8-6-10)25-17(18,19)20/h5-8H,4H2,1-3H3,(H2,21,22,26). The molecular weight excluding hydrogens is 401 g/mol. The third-order valence-corrected chi connectivity index (χ3v) is 4.79. The second-order valence-electron chi connectivity index (χ2n) is 5.34. The fourth-order valence-corrected chi connectivity index (χ4v) is 3.84. The lowest BCUT2D eigenvalue weighted by Gasteiger charge is -2.12. The lowest BCUT2D eigenvalue weighted by atomic mass is 10.1. The number of aryl methyl sites for hydroxylation is 1. The number of anilines is 2. The molecule has 0 spiro atoms. The molecule has 0 fully saturated rings. The van der Waals surface area contributed by atoms with Gasteiger partial charge in [0, 0.05) is 10.6 Å². The molecule has 2 N–H and O–H groups in total. The van der Waals surface area contributed by atoms with Gasteiger partial charge in [-0.3, -0.25) is 0 Å². The first-order valence-electron chi connectivity index (χ1n) is 7.79. The molecule has 0 aliphatic heterocycles. The maximum atomic E-state index is 12.2. The first-order chi connectivity index (χ1) is 12.6. The van der Waals surface area contributed by atoms with E-state index in [1.165, 1.54) is 42.7 Å². The van der Waals surface area contributed by atoms with Crippen molar-refractivity contribution in [2.75, 3.05) is 17.7 Å². The second kappa shape index (κ2) is 8.57. The van der Waals surface area contributed by atoms with Crippen LogP contribution >= 0.6 is 23.6 Å². The van der Waals surface area contributed by atoms with Crippen LogP contribution < -0.4 is 15.4 Å². The van der Waals surface area contributed by atoms with Gasteiger partial charge in [-0.15, -0.1) is 24.5 Å². The van der Waals surface area contributed by atoms with E-state index in [0.717, 1.165) is 10.4 Å². The number of benzene rings is 1. The summed E-state index contributed by atoms with van der Waals surface area (Å²) < 4.78 is 45.2. The van der Waals surface area contributed by atoms with Gasteiger partial charge in [0.2, 0.25) is 0 Å². The lowest BCUT2D eigenvalue weighted by Crippen LogP contribution is -2.20. The fourth-order valence-electron chi connectivity index (χ4n) is 2.42. The maximum absolute atomic E-state index is 12.2. The number of carbonyl (C=O) groups is 1. The molecular formula is C17H17F3N2O3S2. The molecule has 0 unspecified atom stereocenters. The molecule has 1 aromatic carbocycles. The van der Waals surface area contributed by atoms with Gasteiger partial charge < -0.3 is 20.1 Å². The van der Waals surface area contributed by atoms with Crippen molar-refractivity contribution in [3.8, 4) is 5.75 Å². The Kier molecular flexibility index (Phi) is 6.66. The van der Waals surface area contributed by atoms with Gasteiger partial charge in [0.25, 0.3) is 0 Å². The van der Waals surface area contributed by atoms with Crippen molar-refractivity contribution in [3.63, 3.8) is 0 Å². The van der Waals surface area contributed by atoms with Crippen molar-refractivity contribution in [1.29, 1.82) is 0 Å². The van der Waals surface area contributed by atoms with Crippen molar-refractivity contribution in [2.24, 2.45) is 0 Å². The summed E-state index contributed by atoms with van der Waals surface area (Å²) in [6, 6.07) is 5.13. The predicted octanol–water partition coefficient (Wildman–Crippen LogP) is 5.11. The highest BCUT2D eigenvalue weighted by Crippen LogP contribution is 2.34. The summed E-state index contributed by atoms with van der Waals surface area (Å²) in [6.07, 6.45) is -4.08. The van der Waals surface area contributed by atoms with Crippen LogP contribution in [0, 0.1) is 6.92 Å². The Bertz CT molecular complexity index is 833. The summed E-state index contributed by atoms with van der Waals surface area (Å²) in [5.41, 5.74) is 1.78. The quantitative estimate of drug-likeness (QED) is 0.520. The highest BCUT2D eigenvalue weighted by atomic mass is 32.1. The summed E-state index contributed by atoms with van der Waals surface area (Å²) in [5.74, 6) is -0.795. The van der Waals surface area contributed by atoms with Crippen LogP contribution in [0.15, 0.2) is 24.3 Å². The number of nitrogens with one attached hydrogen (secondary N) is 2. The van der Waals surface area contributed by atoms with Crippen LogP contribution in [0.4, 0.5) is 23.9 Å². The third kappa shape index (κ3) is 5.57. The minimum absolute atomic E-state index is 0.188. The summed E-state index contributed by atoms with van der Waals surface area (Å²) in [4.78, 5) is 13.1. The molecule has 0 saturated heterocycles. The normalized spacial score (nSPS) is 11.0. The summed E-state index contributed by atoms with van der Waals surface area (Å²) in [5, 5.41) is 6.53. The van der Waals surface area contributed by atoms with Crippen LogP contribution in [0.5, 0.6) is 5.75 Å². The van der Waals surface area contributed by atoms with E-state index >= 15 is 0 Å². The van der Waals surface area contributed by atoms with E-state index in [9.17, 15) is 18.0 Å². The summed E-state index contributed by atoms with van der Waals surface area (Å²) in [6.45, 7) is 3.84. The molecule has 1 heterocycles. The number of methoxy groups -OCH3 is 1. The van der Waals surface area contributed by atoms with Gasteiger partial charge in [-0.2, -0.15) is 0 Å². The van der Waals surface area contributed by atoms with Crippen LogP contribution in [0.2, 0.25) is 0 Å². The predicted molar refractivity (Wildman–Crippen MR) is 103 cm³/mol. The van der Waals surface area contributed by atoms with Gasteiger partial charge in [0.1, 0.15) is 10.8 Å². The highest BCUT2D eigenvalue weighted by Gasteiger charge is 2.31. The van der Waals surface area contributed by atoms with E-state index in [0.29, 0.717) is 22.7 Å². The van der Waals surface area contributed by atoms with E-state index in [4.69, 9.17) is 17.0 Å². The highest BCUT2D eigenvalue weighted by molar-refractivity contribution is 7.80. The van der Waals surface area contributed by atoms with E-state index in [2.05, 4.69) is 15.4 Å². The van der Waals surface area contributed by atoms with Gasteiger partial charge in [-0.05, 0) is 55.4 Å². The molecule has 0 aliphatic carbocycles. The van der Waals surface area contributed by atoms with Crippen molar-refractivity contribution >= 4 is 45.3 Å². The molecule has 10 heteroatoms. The zero-order chi connectivity index (χ0) is 20.2. The minimum Gasteiger partial charge on any atom is -0.465 e. The zero-order valence-corrected chi connectivity index (χ0v) is 16.3. The first-order valence-corrected chi connectivity index (χ1v) is 9.01. The monoisotopic (exact) mass is 418 g/mol. The number of hydrogen-bond acceptors (Lipinski definition) is 5. The SMILES string of the molecule is CCc1c(C)sc(NC(=S)Nc2ccc(OC(F)(F)F)cc2)c1C(=O)OC. The minimum atomic E-state index is -4.75. The number of hydrogen-bond donors (Lipinski definition) is 2. The molecule has 0 aliphatic rings. The van der Waals surface area contributed by atoms with Crippen LogP contribution in [0.1, 0.15) is 27.7 Å². The molecule has 0 radical (unpaired) electrons. The molecule has 2 rings (SSSR count). The first kappa shape index (κ1) is 21.0. The Labute approximate surface area is 163 Å². The molecule has 0 saturated carbocycles. The summed E-state index contributed by atoms with van der Waals surface area (Å²) >= 11 is 6.60. The number of ether oxygens (including phenoxy) is 2. The number of rotatable bonds is 5. The van der Waals surface area contributed by atoms with Crippen molar-refractivity contribution in [3.05, 3.63) is 40.3 Å². The maximum Gasteiger partial charge on any atom is 0.573 e. The smallest absolute Gasteiger partial charge is 0.465 e. The number of halogens is 3. The van der Waals surface area contributed by atoms with E-state index in [1.807, 2.05) is 13.8 Å². The Balaban J connectivity index is 2.11. The molecule has 1 aromatic heterocycles. The number of alkyl halides is 3. The molecule has 0 amide bonds. The van der Waals surface area contributed by atoms with E-state index in [-0.39, 0.29) is 10.9 Å². The Morgan fingerprint density at radius 2 is 1.85 bits per heavy atom. The van der Waals surface area contributed by atoms with Crippen LogP contribution in [0.25, 0.3) is 0 Å². The van der Waals surface area contributed by atoms with Gasteiger partial charge in [0.05, 0.1) is 12.7 Å². The second-order valence-corrected chi connectivity index (χ2v) is 6.97. The van der Waals surface area contributed by atoms with Crippen LogP contribution in [-0.2, 0) is 11.2 Å². The number of carbonyl (C=O) groups excluding carboxylic acids is 1. The average Bonchev–Trinajstić information content (AvgIpc) is 2.89. The fraction of sp³-hybridized carbons (Fsp3) is 0.294. The topological polar surface area (TPSA) is 59.6 Å². The summed E-state index contributed by atoms with van der Waals surface area (Å²) in [7, 11) is 1.31. The number of thiophene rings is 1. The lowest BCUT2D eigenvalue weighted by molar-refractivity contribution is -0.274. The zero-order valence-electron chi connectivity index (χ0n) is 14.7. The van der Waals surface area contributed by atoms with Gasteiger partial charge in [-0.25, -0.2) is 4.79 Å². The van der Waals surface area contributed by atoms with Crippen molar-refractivity contribution in [2.45, 2.75) is 26.6 Å². The molecule has 0 bridgehead atoms. The third-order valence-electron chi connectivity index (χ3n) is 3.52. The molecule has 146 valence electrons. The van der Waals surface area contributed by atoms with Gasteiger partial charge in [0.15, 0.2) is 5.11 Å². The van der Waals surface area contributed by atoms with Crippen LogP contribution in [0.3, 0.4) is 0 Å². The molecule has 27 heavy (non-hydrogen) atoms. The van der Waals surface area contributed by atoms with Crippen LogP contribution in [-0.4, -0.2) is 24.6 Å². The molecule has 2 aromatic rings. The number of thiocarbonyl (C=S) groups is 1.